The quantitative estimate of drug-likeness (QED) is 0.629. The first-order valence-corrected chi connectivity index (χ1v) is 12.0. The molecular formula is C25H29N3OS. The molecule has 4 nitrogen and oxygen atoms in total. The summed E-state index contributed by atoms with van der Waals surface area (Å²) in [4.78, 5) is 21.9. The summed E-state index contributed by atoms with van der Waals surface area (Å²) in [6.45, 7) is 5.04. The zero-order valence-electron chi connectivity index (χ0n) is 17.7. The fourth-order valence-electron chi connectivity index (χ4n) is 4.74. The van der Waals surface area contributed by atoms with E-state index in [0.717, 1.165) is 39.9 Å². The number of aromatic nitrogens is 1. The fraction of sp³-hybridized carbons (Fsp3) is 0.440. The molecule has 1 fully saturated rings. The van der Waals surface area contributed by atoms with Crippen molar-refractivity contribution in [1.82, 2.24) is 10.3 Å². The van der Waals surface area contributed by atoms with Gasteiger partial charge in [0, 0.05) is 36.4 Å². The zero-order valence-corrected chi connectivity index (χ0v) is 18.5. The number of hydrogen-bond donors (Lipinski definition) is 1. The van der Waals surface area contributed by atoms with Gasteiger partial charge in [0.2, 0.25) is 0 Å². The number of pyridine rings is 1. The molecule has 1 saturated heterocycles. The Hall–Kier alpha value is -2.40. The lowest BCUT2D eigenvalue weighted by molar-refractivity contribution is 0.0957. The fourth-order valence-corrected chi connectivity index (χ4v) is 5.84. The molecule has 2 aromatic heterocycles. The monoisotopic (exact) mass is 419 g/mol. The average Bonchev–Trinajstić information content (AvgIpc) is 3.37. The summed E-state index contributed by atoms with van der Waals surface area (Å²) >= 11 is 1.53. The van der Waals surface area contributed by atoms with E-state index in [4.69, 9.17) is 4.98 Å². The van der Waals surface area contributed by atoms with Gasteiger partial charge in [-0.3, -0.25) is 4.79 Å². The predicted octanol–water partition coefficient (Wildman–Crippen LogP) is 5.06. The molecule has 1 aromatic carbocycles. The number of nitrogens with zero attached hydrogens (tertiary/aromatic N) is 2. The third kappa shape index (κ3) is 3.83. The van der Waals surface area contributed by atoms with Gasteiger partial charge in [-0.2, -0.15) is 0 Å². The van der Waals surface area contributed by atoms with Gasteiger partial charge in [-0.15, -0.1) is 11.3 Å². The molecule has 0 radical (unpaired) electrons. The van der Waals surface area contributed by atoms with Crippen molar-refractivity contribution in [2.24, 2.45) is 0 Å². The van der Waals surface area contributed by atoms with E-state index in [9.17, 15) is 4.79 Å². The highest BCUT2D eigenvalue weighted by Gasteiger charge is 2.20. The van der Waals surface area contributed by atoms with Gasteiger partial charge in [-0.1, -0.05) is 12.1 Å². The summed E-state index contributed by atoms with van der Waals surface area (Å²) in [5.74, 6) is 0.0283. The van der Waals surface area contributed by atoms with Crippen LogP contribution in [-0.2, 0) is 19.3 Å². The molecule has 0 saturated carbocycles. The Morgan fingerprint density at radius 2 is 1.90 bits per heavy atom. The summed E-state index contributed by atoms with van der Waals surface area (Å²) in [6.07, 6.45) is 8.18. The molecule has 1 aliphatic carbocycles. The first-order valence-electron chi connectivity index (χ1n) is 11.2. The Morgan fingerprint density at radius 3 is 2.70 bits per heavy atom. The molecule has 1 amide bonds. The van der Waals surface area contributed by atoms with Crippen molar-refractivity contribution in [2.45, 2.75) is 51.9 Å². The van der Waals surface area contributed by atoms with E-state index in [2.05, 4.69) is 47.5 Å². The van der Waals surface area contributed by atoms with Crippen LogP contribution in [0.2, 0.25) is 0 Å². The smallest absolute Gasteiger partial charge is 0.261 e. The van der Waals surface area contributed by atoms with E-state index in [1.54, 1.807) is 0 Å². The van der Waals surface area contributed by atoms with Gasteiger partial charge < -0.3 is 10.2 Å². The summed E-state index contributed by atoms with van der Waals surface area (Å²) < 4.78 is 0. The van der Waals surface area contributed by atoms with E-state index < -0.39 is 0 Å². The van der Waals surface area contributed by atoms with Crippen molar-refractivity contribution in [1.29, 1.82) is 0 Å². The molecular weight excluding hydrogens is 390 g/mol. The maximum atomic E-state index is 12.8. The molecule has 0 spiro atoms. The second-order valence-electron chi connectivity index (χ2n) is 8.58. The van der Waals surface area contributed by atoms with Gasteiger partial charge in [-0.05, 0) is 86.8 Å². The second-order valence-corrected chi connectivity index (χ2v) is 9.58. The second kappa shape index (κ2) is 8.38. The van der Waals surface area contributed by atoms with Gasteiger partial charge in [0.1, 0.15) is 4.83 Å². The standard InChI is InChI=1S/C25H29N3OS/c1-17-21-16-19-6-5-7-22(19)27-25(21)30-23(17)24(29)26-13-12-18-8-10-20(11-9-18)28-14-3-2-4-15-28/h8-11,16H,2-7,12-15H2,1H3,(H,26,29). The molecule has 1 N–H and O–H groups in total. The first kappa shape index (κ1) is 19.6. The zero-order chi connectivity index (χ0) is 20.5. The van der Waals surface area contributed by atoms with Crippen molar-refractivity contribution in [3.63, 3.8) is 0 Å². The number of piperidine rings is 1. The molecule has 3 heterocycles. The molecule has 0 unspecified atom stereocenters. The minimum atomic E-state index is 0.0283. The van der Waals surface area contributed by atoms with Crippen LogP contribution in [0.25, 0.3) is 10.2 Å². The van der Waals surface area contributed by atoms with Gasteiger partial charge in [-0.25, -0.2) is 4.98 Å². The van der Waals surface area contributed by atoms with Crippen LogP contribution in [-0.4, -0.2) is 30.5 Å². The molecule has 3 aromatic rings. The number of aryl methyl sites for hydroxylation is 3. The molecule has 156 valence electrons. The van der Waals surface area contributed by atoms with Crippen molar-refractivity contribution < 1.29 is 4.79 Å². The minimum absolute atomic E-state index is 0.0283. The van der Waals surface area contributed by atoms with Crippen LogP contribution in [0.1, 0.15) is 57.7 Å². The van der Waals surface area contributed by atoms with Crippen LogP contribution in [0.4, 0.5) is 5.69 Å². The lowest BCUT2D eigenvalue weighted by Crippen LogP contribution is -2.29. The molecule has 2 aliphatic rings. The highest BCUT2D eigenvalue weighted by Crippen LogP contribution is 2.33. The number of rotatable bonds is 5. The highest BCUT2D eigenvalue weighted by molar-refractivity contribution is 7.20. The number of thiophene rings is 1. The maximum absolute atomic E-state index is 12.8. The topological polar surface area (TPSA) is 45.2 Å². The predicted molar refractivity (Wildman–Crippen MR) is 125 cm³/mol. The Balaban J connectivity index is 1.20. The third-order valence-corrected chi connectivity index (χ3v) is 7.72. The maximum Gasteiger partial charge on any atom is 0.261 e. The lowest BCUT2D eigenvalue weighted by Gasteiger charge is -2.28. The van der Waals surface area contributed by atoms with Crippen molar-refractivity contribution in [3.05, 3.63) is 57.6 Å². The van der Waals surface area contributed by atoms with Crippen LogP contribution in [0.5, 0.6) is 0 Å². The summed E-state index contributed by atoms with van der Waals surface area (Å²) in [5, 5.41) is 4.27. The van der Waals surface area contributed by atoms with E-state index >= 15 is 0 Å². The van der Waals surface area contributed by atoms with Crippen LogP contribution >= 0.6 is 11.3 Å². The van der Waals surface area contributed by atoms with Crippen molar-refractivity contribution >= 4 is 33.1 Å². The van der Waals surface area contributed by atoms with Gasteiger partial charge in [0.05, 0.1) is 4.88 Å². The molecule has 5 heteroatoms. The molecule has 30 heavy (non-hydrogen) atoms. The summed E-state index contributed by atoms with van der Waals surface area (Å²) in [7, 11) is 0. The molecule has 0 bridgehead atoms. The lowest BCUT2D eigenvalue weighted by atomic mass is 10.1. The van der Waals surface area contributed by atoms with Gasteiger partial charge in [0.25, 0.3) is 5.91 Å². The summed E-state index contributed by atoms with van der Waals surface area (Å²) in [5.41, 5.74) is 6.25. The Morgan fingerprint density at radius 1 is 1.10 bits per heavy atom. The number of hydrogen-bond acceptors (Lipinski definition) is 4. The Bertz CT molecular complexity index is 1060. The number of anilines is 1. The van der Waals surface area contributed by atoms with E-state index in [1.165, 1.54) is 72.6 Å². The third-order valence-electron chi connectivity index (χ3n) is 6.52. The van der Waals surface area contributed by atoms with E-state index in [-0.39, 0.29) is 5.91 Å². The number of amides is 1. The van der Waals surface area contributed by atoms with E-state index in [1.807, 2.05) is 0 Å². The van der Waals surface area contributed by atoms with Crippen LogP contribution in [0.3, 0.4) is 0 Å². The normalized spacial score (nSPS) is 16.1. The number of nitrogens with one attached hydrogen (secondary N) is 1. The number of carbonyl (C=O) groups is 1. The molecule has 1 aliphatic heterocycles. The van der Waals surface area contributed by atoms with E-state index in [0.29, 0.717) is 6.54 Å². The Labute approximate surface area is 182 Å². The van der Waals surface area contributed by atoms with Crippen molar-refractivity contribution in [2.75, 3.05) is 24.5 Å². The summed E-state index contributed by atoms with van der Waals surface area (Å²) in [6, 6.07) is 11.1. The molecule has 5 rings (SSSR count). The van der Waals surface area contributed by atoms with Crippen LogP contribution in [0.15, 0.2) is 30.3 Å². The number of benzene rings is 1. The average molecular weight is 420 g/mol. The SMILES string of the molecule is Cc1c(C(=O)NCCc2ccc(N3CCCCC3)cc2)sc2nc3c(cc12)CCC3. The Kier molecular flexibility index (Phi) is 5.47. The molecule has 0 atom stereocenters. The van der Waals surface area contributed by atoms with Crippen LogP contribution < -0.4 is 10.2 Å². The first-order chi connectivity index (χ1) is 14.7. The highest BCUT2D eigenvalue weighted by atomic mass is 32.1. The van der Waals surface area contributed by atoms with Crippen LogP contribution in [0, 0.1) is 6.92 Å². The van der Waals surface area contributed by atoms with Gasteiger partial charge >= 0.3 is 0 Å². The largest absolute Gasteiger partial charge is 0.372 e. The van der Waals surface area contributed by atoms with Gasteiger partial charge in [0.15, 0.2) is 0 Å². The van der Waals surface area contributed by atoms with Crippen molar-refractivity contribution in [3.8, 4) is 0 Å². The number of carbonyl (C=O) groups excluding carboxylic acids is 1. The number of fused-ring (bicyclic) bond motifs is 2. The minimum Gasteiger partial charge on any atom is -0.372 e.